The van der Waals surface area contributed by atoms with Gasteiger partial charge in [0.15, 0.2) is 17.2 Å². The fourth-order valence-electron chi connectivity index (χ4n) is 8.70. The van der Waals surface area contributed by atoms with E-state index in [1.165, 1.54) is 0 Å². The highest BCUT2D eigenvalue weighted by Crippen LogP contribution is 2.80. The van der Waals surface area contributed by atoms with Gasteiger partial charge in [0.25, 0.3) is 0 Å². The highest BCUT2D eigenvalue weighted by Gasteiger charge is 2.93. The van der Waals surface area contributed by atoms with Gasteiger partial charge in [0.1, 0.15) is 17.3 Å². The number of Topliss-reactive ketones (excluding diaryl/α,β-unsaturated/α-hetero) is 1. The van der Waals surface area contributed by atoms with E-state index in [4.69, 9.17) is 18.9 Å². The second kappa shape index (κ2) is 7.04. The topological polar surface area (TPSA) is 135 Å². The first-order valence-corrected chi connectivity index (χ1v) is 13.6. The standard InChI is InChI=1S/C28H40O9/c1-9-12(2)21(31)36-28-17(23(28,5)6)16-20-25(35-20)11-34-24(7,8)37-22(25)27(33)15(10-13(3)18(27)29)26(16,32)14(4)19(28)30/h10,12,14-17,19-20,22,30,32-33H,9,11H2,1-8H3/t12-,14+,15-,16+,17?,19+,20-,22+,25-,26-,27+,28+/m0/s1. The van der Waals surface area contributed by atoms with Crippen molar-refractivity contribution in [3.05, 3.63) is 11.6 Å². The Labute approximate surface area is 217 Å². The maximum atomic E-state index is 13.6. The number of hydrogen-bond donors (Lipinski definition) is 3. The molecule has 2 saturated heterocycles. The van der Waals surface area contributed by atoms with Gasteiger partial charge in [0, 0.05) is 29.1 Å². The van der Waals surface area contributed by atoms with Crippen LogP contribution in [0.15, 0.2) is 11.6 Å². The third kappa shape index (κ3) is 2.67. The van der Waals surface area contributed by atoms with E-state index in [9.17, 15) is 24.9 Å². The fourth-order valence-corrected chi connectivity index (χ4v) is 8.70. The zero-order valence-corrected chi connectivity index (χ0v) is 22.9. The number of esters is 1. The van der Waals surface area contributed by atoms with E-state index in [0.29, 0.717) is 12.0 Å². The van der Waals surface area contributed by atoms with Crippen LogP contribution in [0.5, 0.6) is 0 Å². The van der Waals surface area contributed by atoms with Crippen LogP contribution >= 0.6 is 0 Å². The molecular formula is C28H40O9. The van der Waals surface area contributed by atoms with Crippen LogP contribution in [0.1, 0.15) is 61.8 Å². The summed E-state index contributed by atoms with van der Waals surface area (Å²) < 4.78 is 24.8. The van der Waals surface area contributed by atoms with Gasteiger partial charge in [-0.15, -0.1) is 0 Å². The summed E-state index contributed by atoms with van der Waals surface area (Å²) >= 11 is 0. The number of fused-ring (bicyclic) bond motifs is 7. The number of ether oxygens (including phenoxy) is 4. The predicted octanol–water partition coefficient (Wildman–Crippen LogP) is 1.51. The average molecular weight is 521 g/mol. The first-order valence-electron chi connectivity index (χ1n) is 13.6. The molecule has 0 radical (unpaired) electrons. The summed E-state index contributed by atoms with van der Waals surface area (Å²) in [5.74, 6) is -5.37. The van der Waals surface area contributed by atoms with Gasteiger partial charge in [-0.3, -0.25) is 9.59 Å². The molecule has 2 aliphatic heterocycles. The summed E-state index contributed by atoms with van der Waals surface area (Å²) in [7, 11) is 0. The number of carbonyl (C=O) groups is 2. The number of epoxide rings is 1. The van der Waals surface area contributed by atoms with Gasteiger partial charge in [0.05, 0.1) is 30.3 Å². The molecule has 37 heavy (non-hydrogen) atoms. The Kier molecular flexibility index (Phi) is 4.92. The number of aliphatic hydroxyl groups is 3. The van der Waals surface area contributed by atoms with Crippen molar-refractivity contribution >= 4 is 11.8 Å². The zero-order valence-electron chi connectivity index (χ0n) is 22.9. The Bertz CT molecular complexity index is 1110. The maximum Gasteiger partial charge on any atom is 0.309 e. The summed E-state index contributed by atoms with van der Waals surface area (Å²) in [6, 6.07) is 0. The van der Waals surface area contributed by atoms with Crippen molar-refractivity contribution in [1.82, 2.24) is 0 Å². The van der Waals surface area contributed by atoms with Gasteiger partial charge in [0.2, 0.25) is 0 Å². The van der Waals surface area contributed by atoms with Crippen LogP contribution in [0.25, 0.3) is 0 Å². The molecule has 0 bridgehead atoms. The summed E-state index contributed by atoms with van der Waals surface area (Å²) in [6.45, 7) is 14.4. The lowest BCUT2D eigenvalue weighted by atomic mass is 9.58. The minimum Gasteiger partial charge on any atom is -0.455 e. The number of hydrogen-bond acceptors (Lipinski definition) is 9. The lowest BCUT2D eigenvalue weighted by Crippen LogP contribution is -2.70. The van der Waals surface area contributed by atoms with Gasteiger partial charge >= 0.3 is 5.97 Å². The molecule has 206 valence electrons. The lowest BCUT2D eigenvalue weighted by molar-refractivity contribution is -0.329. The molecule has 2 heterocycles. The monoisotopic (exact) mass is 520 g/mol. The third-order valence-electron chi connectivity index (χ3n) is 11.1. The SMILES string of the molecule is CC[C@H](C)C(=O)O[C@]12C([C@@H]3[C@@H]4O[C@@]45COC(C)(C)O[C@H]5[C@]4(O)C(=O)C(C)=C[C@H]4[C@@]3(O)[C@H](C)[C@H]1O)C2(C)C. The molecule has 0 aromatic heterocycles. The Balaban J connectivity index is 1.54. The Morgan fingerprint density at radius 2 is 1.86 bits per heavy atom. The molecule has 3 saturated carbocycles. The molecule has 3 N–H and O–H groups in total. The Morgan fingerprint density at radius 1 is 1.22 bits per heavy atom. The number of aliphatic hydroxyl groups excluding tert-OH is 1. The normalized spacial score (nSPS) is 54.8. The first kappa shape index (κ1) is 25.9. The molecule has 1 unspecified atom stereocenters. The summed E-state index contributed by atoms with van der Waals surface area (Å²) in [6.07, 6.45) is -0.702. The van der Waals surface area contributed by atoms with Crippen LogP contribution in [0.2, 0.25) is 0 Å². The maximum absolute atomic E-state index is 13.6. The van der Waals surface area contributed by atoms with E-state index in [0.717, 1.165) is 0 Å². The summed E-state index contributed by atoms with van der Waals surface area (Å²) in [5.41, 5.74) is -6.60. The highest BCUT2D eigenvalue weighted by atomic mass is 16.8. The molecule has 0 aromatic carbocycles. The number of ketones is 1. The van der Waals surface area contributed by atoms with Gasteiger partial charge in [-0.2, -0.15) is 0 Å². The Morgan fingerprint density at radius 3 is 2.49 bits per heavy atom. The van der Waals surface area contributed by atoms with Gasteiger partial charge < -0.3 is 34.3 Å². The van der Waals surface area contributed by atoms with Crippen molar-refractivity contribution in [3.63, 3.8) is 0 Å². The predicted molar refractivity (Wildman–Crippen MR) is 129 cm³/mol. The van der Waals surface area contributed by atoms with Crippen LogP contribution < -0.4 is 0 Å². The minimum absolute atomic E-state index is 0.0764. The van der Waals surface area contributed by atoms with Crippen LogP contribution in [0.4, 0.5) is 0 Å². The molecular weight excluding hydrogens is 480 g/mol. The van der Waals surface area contributed by atoms with Crippen molar-refractivity contribution in [3.8, 4) is 0 Å². The van der Waals surface area contributed by atoms with Gasteiger partial charge in [-0.25, -0.2) is 0 Å². The van der Waals surface area contributed by atoms with Crippen molar-refractivity contribution in [2.45, 2.75) is 108 Å². The average Bonchev–Trinajstić information content (AvgIpc) is 3.64. The third-order valence-corrected chi connectivity index (χ3v) is 11.1. The van der Waals surface area contributed by atoms with Crippen LogP contribution in [-0.4, -0.2) is 80.2 Å². The quantitative estimate of drug-likeness (QED) is 0.374. The molecule has 0 aromatic rings. The van der Waals surface area contributed by atoms with Crippen molar-refractivity contribution in [2.75, 3.05) is 6.61 Å². The first-order chi connectivity index (χ1) is 17.0. The molecule has 12 atom stereocenters. The number of carbonyl (C=O) groups excluding carboxylic acids is 2. The lowest BCUT2D eigenvalue weighted by Gasteiger charge is -2.54. The Hall–Kier alpha value is -1.36. The van der Waals surface area contributed by atoms with E-state index in [1.807, 2.05) is 20.8 Å². The van der Waals surface area contributed by atoms with Crippen LogP contribution in [0, 0.1) is 35.0 Å². The molecule has 5 fully saturated rings. The molecule has 0 amide bonds. The second-order valence-corrected chi connectivity index (χ2v) is 13.5. The van der Waals surface area contributed by atoms with Crippen molar-refractivity contribution in [2.24, 2.45) is 35.0 Å². The van der Waals surface area contributed by atoms with Crippen LogP contribution in [0.3, 0.4) is 0 Å². The van der Waals surface area contributed by atoms with Crippen molar-refractivity contribution < 1.29 is 43.9 Å². The highest BCUT2D eigenvalue weighted by molar-refractivity contribution is 6.05. The molecule has 1 spiro atoms. The van der Waals surface area contributed by atoms with E-state index in [-0.39, 0.29) is 18.5 Å². The summed E-state index contributed by atoms with van der Waals surface area (Å²) in [4.78, 5) is 26.7. The molecule has 6 rings (SSSR count). The van der Waals surface area contributed by atoms with Gasteiger partial charge in [-0.05, 0) is 32.8 Å². The smallest absolute Gasteiger partial charge is 0.309 e. The zero-order chi connectivity index (χ0) is 27.3. The molecule has 9 heteroatoms. The fraction of sp³-hybridized carbons (Fsp3) is 0.857. The van der Waals surface area contributed by atoms with E-state index in [2.05, 4.69) is 0 Å². The van der Waals surface area contributed by atoms with E-state index in [1.54, 1.807) is 40.7 Å². The summed E-state index contributed by atoms with van der Waals surface area (Å²) in [5, 5.41) is 36.9. The van der Waals surface area contributed by atoms with E-state index >= 15 is 0 Å². The molecule has 4 aliphatic carbocycles. The largest absolute Gasteiger partial charge is 0.455 e. The van der Waals surface area contributed by atoms with Crippen LogP contribution in [-0.2, 0) is 28.5 Å². The van der Waals surface area contributed by atoms with Gasteiger partial charge in [-0.1, -0.05) is 40.7 Å². The second-order valence-electron chi connectivity index (χ2n) is 13.5. The molecule has 6 aliphatic rings. The minimum atomic E-state index is -2.11. The van der Waals surface area contributed by atoms with E-state index < -0.39 is 81.4 Å². The number of rotatable bonds is 3. The molecule has 9 nitrogen and oxygen atoms in total. The van der Waals surface area contributed by atoms with Crippen molar-refractivity contribution in [1.29, 1.82) is 0 Å².